The molecule has 390 valence electrons. The first-order valence-corrected chi connectivity index (χ1v) is 23.6. The van der Waals surface area contributed by atoms with E-state index in [1.807, 2.05) is 26.0 Å². The number of aryl methyl sites for hydroxylation is 4. The minimum atomic E-state index is -3.90. The van der Waals surface area contributed by atoms with Crippen LogP contribution in [0.4, 0.5) is 49.1 Å². The van der Waals surface area contributed by atoms with Crippen LogP contribution in [0.1, 0.15) is 56.2 Å². The Labute approximate surface area is 485 Å². The number of nitrogens with two attached hydrogens (primary N) is 3. The Morgan fingerprint density at radius 2 is 1.00 bits per heavy atom. The largest absolute Gasteiger partial charge is 0.576 e. The minimum Gasteiger partial charge on any atom is -0.576 e. The minimum absolute atomic E-state index is 0. The maximum atomic E-state index is 14.3. The number of aromatic nitrogens is 8. The fourth-order valence-electron chi connectivity index (χ4n) is 5.87. The number of hydrogen-bond donors (Lipinski definition) is 6. The van der Waals surface area contributed by atoms with Crippen molar-refractivity contribution in [3.8, 4) is 11.5 Å². The van der Waals surface area contributed by atoms with E-state index in [4.69, 9.17) is 37.1 Å². The first-order chi connectivity index (χ1) is 32.7. The molecule has 0 aliphatic carbocycles. The Balaban J connectivity index is 0.000000595. The van der Waals surface area contributed by atoms with Crippen molar-refractivity contribution in [2.75, 3.05) is 21.7 Å². The van der Waals surface area contributed by atoms with Crippen molar-refractivity contribution in [2.45, 2.75) is 73.0 Å². The molecular formula is C47H55ClF2N14O6S2Y2-2. The van der Waals surface area contributed by atoms with Gasteiger partial charge in [0.25, 0.3) is 0 Å². The number of rotatable bonds is 14. The van der Waals surface area contributed by atoms with Gasteiger partial charge in [-0.15, -0.1) is 11.4 Å². The zero-order valence-corrected chi connectivity index (χ0v) is 46.2. The molecule has 8 aromatic rings. The quantitative estimate of drug-likeness (QED) is 0.0438. The third kappa shape index (κ3) is 20.3. The Hall–Kier alpha value is -5.56. The van der Waals surface area contributed by atoms with Gasteiger partial charge >= 0.3 is 0 Å². The number of hydrogen-bond acceptors (Lipinski definition) is 16. The second-order valence-electron chi connectivity index (χ2n) is 14.8. The van der Waals surface area contributed by atoms with E-state index in [2.05, 4.69) is 56.3 Å². The molecule has 0 amide bonds. The molecule has 9 N–H and O–H groups in total. The van der Waals surface area contributed by atoms with Crippen molar-refractivity contribution in [3.05, 3.63) is 160 Å². The summed E-state index contributed by atoms with van der Waals surface area (Å²) in [6, 6.07) is 26.8. The summed E-state index contributed by atoms with van der Waals surface area (Å²) in [6.07, 6.45) is 2.02. The summed E-state index contributed by atoms with van der Waals surface area (Å²) in [7, 11) is -7.53. The van der Waals surface area contributed by atoms with Gasteiger partial charge in [-0.2, -0.15) is 9.97 Å². The normalized spacial score (nSPS) is 10.3. The summed E-state index contributed by atoms with van der Waals surface area (Å²) in [5, 5.41) is 34.5. The molecule has 0 spiro atoms. The molecule has 0 aliphatic heterocycles. The summed E-state index contributed by atoms with van der Waals surface area (Å²) < 4.78 is 84.5. The van der Waals surface area contributed by atoms with Crippen molar-refractivity contribution in [1.29, 1.82) is 0 Å². The molecule has 27 heteroatoms. The smallest absolute Gasteiger partial charge is 0.238 e. The summed E-state index contributed by atoms with van der Waals surface area (Å²) in [5.41, 5.74) is 11.7. The first kappa shape index (κ1) is 66.5. The third-order valence-electron chi connectivity index (χ3n) is 9.16. The van der Waals surface area contributed by atoms with Gasteiger partial charge in [0.2, 0.25) is 31.3 Å². The number of nitrogen functional groups attached to an aromatic ring is 1. The van der Waals surface area contributed by atoms with Gasteiger partial charge in [-0.1, -0.05) is 46.5 Å². The van der Waals surface area contributed by atoms with E-state index in [0.29, 0.717) is 52.0 Å². The number of benzene rings is 4. The van der Waals surface area contributed by atoms with Crippen molar-refractivity contribution in [3.63, 3.8) is 0 Å². The molecule has 8 rings (SSSR count). The van der Waals surface area contributed by atoms with Gasteiger partial charge in [0, 0.05) is 99.6 Å². The topological polar surface area (TPSA) is 306 Å². The van der Waals surface area contributed by atoms with E-state index in [1.54, 1.807) is 86.6 Å². The monoisotopic (exact) mass is 1230 g/mol. The fourth-order valence-corrected chi connectivity index (χ4v) is 7.63. The molecular weight excluding hydrogens is 1170 g/mol. The van der Waals surface area contributed by atoms with Crippen molar-refractivity contribution in [2.24, 2.45) is 10.3 Å². The van der Waals surface area contributed by atoms with Crippen LogP contribution >= 0.6 is 11.6 Å². The van der Waals surface area contributed by atoms with Gasteiger partial charge in [0.05, 0.1) is 35.4 Å². The Kier molecular flexibility index (Phi) is 27.0. The second kappa shape index (κ2) is 30.1. The van der Waals surface area contributed by atoms with E-state index in [1.165, 1.54) is 12.1 Å². The average molecular weight is 1230 g/mol. The molecule has 0 atom stereocenters. The SMILES string of the molecule is C.C.C.Cc1cc(COc2ccc(Nc3nc(Cl)ncc3F)cc2)[n-]n1.Cc1cc(COc2ccc(Nc3nc(Nc4ccc(C)c(S(N)(=O)=O)c4)ncc3F)cc2)[n-]n1.Cc1ccc(N)cc1S(N)(=O)=O.[Y].[Y]. The van der Waals surface area contributed by atoms with Crippen molar-refractivity contribution < 1.29 is 101 Å². The number of nitrogens with zero attached hydrogens (tertiary/aromatic N) is 8. The van der Waals surface area contributed by atoms with Gasteiger partial charge in [0.1, 0.15) is 11.5 Å². The van der Waals surface area contributed by atoms with Crippen LogP contribution in [0.15, 0.2) is 119 Å². The summed E-state index contributed by atoms with van der Waals surface area (Å²) in [4.78, 5) is 15.5. The fraction of sp³-hybridized carbons (Fsp3) is 0.191. The van der Waals surface area contributed by atoms with Gasteiger partial charge in [0.15, 0.2) is 23.3 Å². The first-order valence-electron chi connectivity index (χ1n) is 20.1. The second-order valence-corrected chi connectivity index (χ2v) is 18.2. The van der Waals surface area contributed by atoms with E-state index < -0.39 is 31.7 Å². The standard InChI is InChI=1S/C22H21FN7O3S.C15H12ClFN5O.C7H10N2O2S.3CH4.2Y/c1-13-3-4-16(10-20(13)34(24,31)32)27-22-25-11-19(23)21(28-22)26-15-5-7-18(8-6-15)33-12-17-9-14(2)29-30-17;1-9-6-11(22-21-9)8-23-12-4-2-10(3-5-12)19-14-13(17)7-18-15(16)20-14;1-5-2-3-6(8)4-7(5)12(9,10)11;;;;;/h3-11H,12H2,1-2H3,(H4-,24,25,26,27,28,29,30,31,32);2-7H,8H2,1H3,(H-,18,19,20,21,22);2-4H,8H2,1H3,(H2,9,10,11);3*1H4;;/q2*-1;;;;;;. The van der Waals surface area contributed by atoms with Crippen LogP contribution in [-0.4, -0.2) is 47.0 Å². The molecule has 4 aromatic carbocycles. The number of ether oxygens (including phenoxy) is 2. The summed E-state index contributed by atoms with van der Waals surface area (Å²) >= 11 is 5.65. The summed E-state index contributed by atoms with van der Waals surface area (Å²) in [5.74, 6) is 0.0528. The van der Waals surface area contributed by atoms with Crippen LogP contribution in [0.3, 0.4) is 0 Å². The van der Waals surface area contributed by atoms with E-state index in [-0.39, 0.29) is 127 Å². The van der Waals surface area contributed by atoms with Crippen LogP contribution in [0.5, 0.6) is 11.5 Å². The zero-order valence-electron chi connectivity index (χ0n) is 38.2. The van der Waals surface area contributed by atoms with E-state index >= 15 is 0 Å². The molecule has 0 aliphatic rings. The van der Waals surface area contributed by atoms with Gasteiger partial charge < -0.3 is 51.6 Å². The Bertz CT molecular complexity index is 3290. The van der Waals surface area contributed by atoms with Gasteiger partial charge in [-0.05, 0) is 123 Å². The van der Waals surface area contributed by atoms with Crippen LogP contribution in [0, 0.1) is 39.3 Å². The Morgan fingerprint density at radius 1 is 0.581 bits per heavy atom. The molecule has 0 fully saturated rings. The maximum Gasteiger partial charge on any atom is 0.238 e. The molecule has 0 unspecified atom stereocenters. The van der Waals surface area contributed by atoms with Gasteiger partial charge in [-0.3, -0.25) is 0 Å². The number of nitrogens with one attached hydrogen (secondary N) is 3. The molecule has 0 bridgehead atoms. The number of sulfonamides is 2. The van der Waals surface area contributed by atoms with Crippen LogP contribution in [-0.2, 0) is 98.7 Å². The van der Waals surface area contributed by atoms with E-state index in [0.717, 1.165) is 35.2 Å². The molecule has 2 radical (unpaired) electrons. The molecule has 74 heavy (non-hydrogen) atoms. The molecule has 4 heterocycles. The Morgan fingerprint density at radius 3 is 1.43 bits per heavy atom. The van der Waals surface area contributed by atoms with Gasteiger partial charge in [-0.25, -0.2) is 45.9 Å². The number of anilines is 7. The molecule has 4 aromatic heterocycles. The van der Waals surface area contributed by atoms with Crippen LogP contribution < -0.4 is 51.6 Å². The number of primary sulfonamides is 2. The third-order valence-corrected chi connectivity index (χ3v) is 11.4. The molecule has 0 saturated carbocycles. The molecule has 0 saturated heterocycles. The van der Waals surface area contributed by atoms with Crippen LogP contribution in [0.25, 0.3) is 0 Å². The average Bonchev–Trinajstić information content (AvgIpc) is 3.93. The molecule has 20 nitrogen and oxygen atoms in total. The van der Waals surface area contributed by atoms with Crippen molar-refractivity contribution in [1.82, 2.24) is 40.3 Å². The predicted molar refractivity (Wildman–Crippen MR) is 275 cm³/mol. The summed E-state index contributed by atoms with van der Waals surface area (Å²) in [6.45, 7) is 7.65. The maximum absolute atomic E-state index is 14.3. The predicted octanol–water partition coefficient (Wildman–Crippen LogP) is 8.68. The number of halogens is 3. The van der Waals surface area contributed by atoms with E-state index in [9.17, 15) is 25.6 Å². The zero-order chi connectivity index (χ0) is 49.9. The van der Waals surface area contributed by atoms with Crippen molar-refractivity contribution >= 4 is 72.0 Å². The van der Waals surface area contributed by atoms with Crippen LogP contribution in [0.2, 0.25) is 5.28 Å².